The molecule has 0 saturated heterocycles. The molecule has 2 heterocycles. The van der Waals surface area contributed by atoms with Gasteiger partial charge in [0.15, 0.2) is 11.5 Å². The number of nitrogens with zero attached hydrogens (tertiary/aromatic N) is 1. The summed E-state index contributed by atoms with van der Waals surface area (Å²) in [6.45, 7) is 1.41. The molecule has 1 N–H and O–H groups in total. The zero-order valence-corrected chi connectivity index (χ0v) is 18.9. The minimum absolute atomic E-state index is 0.0187. The van der Waals surface area contributed by atoms with Crippen molar-refractivity contribution in [3.05, 3.63) is 45.6 Å². The van der Waals surface area contributed by atoms with Crippen LogP contribution in [0.3, 0.4) is 0 Å². The maximum atomic E-state index is 13.7. The third-order valence-corrected chi connectivity index (χ3v) is 6.89. The summed E-state index contributed by atoms with van der Waals surface area (Å²) in [4.78, 5) is 27.8. The molecule has 1 aliphatic heterocycles. The second-order valence-corrected chi connectivity index (χ2v) is 9.63. The van der Waals surface area contributed by atoms with Crippen LogP contribution in [0.5, 0.6) is 11.5 Å². The molecule has 0 spiro atoms. The molecule has 1 aromatic heterocycles. The smallest absolute Gasteiger partial charge is 0.454 e. The second-order valence-electron chi connectivity index (χ2n) is 8.31. The van der Waals surface area contributed by atoms with Crippen molar-refractivity contribution in [2.24, 2.45) is 0 Å². The van der Waals surface area contributed by atoms with Crippen molar-refractivity contribution >= 4 is 23.2 Å². The van der Waals surface area contributed by atoms with E-state index in [2.05, 4.69) is 5.32 Å². The van der Waals surface area contributed by atoms with Gasteiger partial charge in [-0.15, -0.1) is 11.3 Å². The molecule has 0 radical (unpaired) electrons. The lowest BCUT2D eigenvalue weighted by Crippen LogP contribution is -2.49. The number of benzene rings is 1. The van der Waals surface area contributed by atoms with Crippen molar-refractivity contribution in [2.75, 3.05) is 6.79 Å². The largest absolute Gasteiger partial charge is 0.471 e. The van der Waals surface area contributed by atoms with Crippen LogP contribution in [0, 0.1) is 6.92 Å². The van der Waals surface area contributed by atoms with Crippen molar-refractivity contribution in [3.63, 3.8) is 0 Å². The molecule has 1 fully saturated rings. The average Bonchev–Trinajstić information content (AvgIpc) is 3.41. The summed E-state index contributed by atoms with van der Waals surface area (Å²) >= 11 is 1.21. The number of thiophene rings is 1. The van der Waals surface area contributed by atoms with E-state index in [0.29, 0.717) is 26.8 Å². The van der Waals surface area contributed by atoms with E-state index >= 15 is 0 Å². The van der Waals surface area contributed by atoms with E-state index in [-0.39, 0.29) is 12.8 Å². The van der Waals surface area contributed by atoms with Crippen molar-refractivity contribution in [2.45, 2.75) is 63.8 Å². The first-order valence-corrected chi connectivity index (χ1v) is 11.7. The molecule has 2 aromatic rings. The van der Waals surface area contributed by atoms with Crippen LogP contribution in [0.1, 0.15) is 53.5 Å². The van der Waals surface area contributed by atoms with Crippen LogP contribution < -0.4 is 14.8 Å². The summed E-state index contributed by atoms with van der Waals surface area (Å²) in [6, 6.07) is 6.53. The number of rotatable bonds is 6. The topological polar surface area (TPSA) is 67.9 Å². The van der Waals surface area contributed by atoms with E-state index in [1.54, 1.807) is 31.2 Å². The van der Waals surface area contributed by atoms with Crippen molar-refractivity contribution in [3.8, 4) is 11.5 Å². The van der Waals surface area contributed by atoms with Crippen molar-refractivity contribution in [1.82, 2.24) is 10.2 Å². The third-order valence-electron chi connectivity index (χ3n) is 5.84. The van der Waals surface area contributed by atoms with Crippen LogP contribution in [0.2, 0.25) is 0 Å². The highest BCUT2D eigenvalue weighted by Gasteiger charge is 2.47. The molecular formula is C23H25F3N2O4S. The molecule has 1 atom stereocenters. The minimum atomic E-state index is -5.13. The van der Waals surface area contributed by atoms with Crippen LogP contribution in [-0.2, 0) is 16.1 Å². The Balaban J connectivity index is 1.68. The Morgan fingerprint density at radius 3 is 2.52 bits per heavy atom. The number of hydrogen-bond donors (Lipinski definition) is 1. The SMILES string of the molecule is Cc1ccc([C@@H](C(=O)NC2CCCCC2)N(Cc2ccc3c(c2)OCO3)C(=O)C(F)(F)F)s1. The van der Waals surface area contributed by atoms with E-state index in [4.69, 9.17) is 9.47 Å². The molecule has 10 heteroatoms. The van der Waals surface area contributed by atoms with Gasteiger partial charge in [0.2, 0.25) is 12.7 Å². The normalized spacial score (nSPS) is 17.0. The first-order valence-electron chi connectivity index (χ1n) is 10.9. The number of nitrogens with one attached hydrogen (secondary N) is 1. The molecule has 6 nitrogen and oxygen atoms in total. The number of carbonyl (C=O) groups excluding carboxylic acids is 2. The Morgan fingerprint density at radius 1 is 1.12 bits per heavy atom. The highest BCUT2D eigenvalue weighted by Crippen LogP contribution is 2.36. The van der Waals surface area contributed by atoms with Gasteiger partial charge in [-0.1, -0.05) is 25.3 Å². The fourth-order valence-corrected chi connectivity index (χ4v) is 5.22. The fraction of sp³-hybridized carbons (Fsp3) is 0.478. The molecular weight excluding hydrogens is 457 g/mol. The number of fused-ring (bicyclic) bond motifs is 1. The highest BCUT2D eigenvalue weighted by molar-refractivity contribution is 7.12. The van der Waals surface area contributed by atoms with Gasteiger partial charge in [0.1, 0.15) is 6.04 Å². The van der Waals surface area contributed by atoms with Gasteiger partial charge in [0, 0.05) is 22.3 Å². The summed E-state index contributed by atoms with van der Waals surface area (Å²) in [6.07, 6.45) is -0.602. The van der Waals surface area contributed by atoms with Crippen LogP contribution in [0.4, 0.5) is 13.2 Å². The Labute approximate surface area is 193 Å². The summed E-state index contributed by atoms with van der Waals surface area (Å²) in [5.74, 6) is -1.79. The summed E-state index contributed by atoms with van der Waals surface area (Å²) in [5.41, 5.74) is 0.403. The van der Waals surface area contributed by atoms with E-state index in [9.17, 15) is 22.8 Å². The van der Waals surface area contributed by atoms with E-state index in [1.165, 1.54) is 17.4 Å². The number of halogens is 3. The van der Waals surface area contributed by atoms with Gasteiger partial charge in [0.25, 0.3) is 0 Å². The average molecular weight is 483 g/mol. The van der Waals surface area contributed by atoms with Gasteiger partial charge in [-0.25, -0.2) is 0 Å². The zero-order valence-electron chi connectivity index (χ0n) is 18.1. The third kappa shape index (κ3) is 5.43. The lowest BCUT2D eigenvalue weighted by molar-refractivity contribution is -0.189. The number of amides is 2. The van der Waals surface area contributed by atoms with Gasteiger partial charge in [-0.3, -0.25) is 9.59 Å². The van der Waals surface area contributed by atoms with Crippen LogP contribution in [0.25, 0.3) is 0 Å². The van der Waals surface area contributed by atoms with Crippen molar-refractivity contribution in [1.29, 1.82) is 0 Å². The molecule has 2 amide bonds. The lowest BCUT2D eigenvalue weighted by atomic mass is 9.95. The number of alkyl halides is 3. The van der Waals surface area contributed by atoms with Crippen LogP contribution in [-0.4, -0.2) is 35.7 Å². The number of ether oxygens (including phenoxy) is 2. The predicted molar refractivity (Wildman–Crippen MR) is 116 cm³/mol. The molecule has 0 unspecified atom stereocenters. The molecule has 178 valence electrons. The fourth-order valence-electron chi connectivity index (χ4n) is 4.23. The summed E-state index contributed by atoms with van der Waals surface area (Å²) in [7, 11) is 0. The van der Waals surface area contributed by atoms with Gasteiger partial charge in [-0.2, -0.15) is 13.2 Å². The highest BCUT2D eigenvalue weighted by atomic mass is 32.1. The quantitative estimate of drug-likeness (QED) is 0.638. The Kier molecular flexibility index (Phi) is 6.83. The van der Waals surface area contributed by atoms with E-state index < -0.39 is 30.6 Å². The predicted octanol–water partition coefficient (Wildman–Crippen LogP) is 4.87. The second kappa shape index (κ2) is 9.62. The number of carbonyl (C=O) groups is 2. The molecule has 1 saturated carbocycles. The van der Waals surface area contributed by atoms with Crippen LogP contribution >= 0.6 is 11.3 Å². The summed E-state index contributed by atoms with van der Waals surface area (Å²) < 4.78 is 51.6. The molecule has 4 rings (SSSR count). The number of hydrogen-bond acceptors (Lipinski definition) is 5. The van der Waals surface area contributed by atoms with Crippen molar-refractivity contribution < 1.29 is 32.2 Å². The number of aryl methyl sites for hydroxylation is 1. The van der Waals surface area contributed by atoms with Gasteiger partial charge < -0.3 is 19.7 Å². The lowest BCUT2D eigenvalue weighted by Gasteiger charge is -2.33. The van der Waals surface area contributed by atoms with E-state index in [0.717, 1.165) is 37.0 Å². The molecule has 33 heavy (non-hydrogen) atoms. The minimum Gasteiger partial charge on any atom is -0.454 e. The Hall–Kier alpha value is -2.75. The van der Waals surface area contributed by atoms with Gasteiger partial charge >= 0.3 is 12.1 Å². The molecule has 2 aliphatic rings. The molecule has 1 aromatic carbocycles. The monoisotopic (exact) mass is 482 g/mol. The standard InChI is InChI=1S/C23H25F3N2O4S/c1-14-7-10-19(33-14)20(21(29)27-16-5-3-2-4-6-16)28(22(30)23(24,25)26)12-15-8-9-17-18(11-15)32-13-31-17/h7-11,16,20H,2-6,12-13H2,1H3,(H,27,29)/t20-/m0/s1. The van der Waals surface area contributed by atoms with Gasteiger partial charge in [0.05, 0.1) is 0 Å². The summed E-state index contributed by atoms with van der Waals surface area (Å²) in [5, 5.41) is 2.90. The zero-order chi connectivity index (χ0) is 23.6. The Bertz CT molecular complexity index is 1020. The Morgan fingerprint density at radius 2 is 1.85 bits per heavy atom. The first kappa shape index (κ1) is 23.4. The molecule has 1 aliphatic carbocycles. The van der Waals surface area contributed by atoms with Crippen LogP contribution in [0.15, 0.2) is 30.3 Å². The molecule has 0 bridgehead atoms. The van der Waals surface area contributed by atoms with E-state index in [1.807, 2.05) is 0 Å². The maximum absolute atomic E-state index is 13.7. The van der Waals surface area contributed by atoms with Gasteiger partial charge in [-0.05, 0) is 49.6 Å². The first-order chi connectivity index (χ1) is 15.7. The maximum Gasteiger partial charge on any atom is 0.471 e.